The summed E-state index contributed by atoms with van der Waals surface area (Å²) in [5, 5.41) is 5.48. The molecule has 0 radical (unpaired) electrons. The fraction of sp³-hybridized carbons (Fsp3) is 0.333. The van der Waals surface area contributed by atoms with E-state index >= 15 is 0 Å². The Morgan fingerprint density at radius 1 is 1.17 bits per heavy atom. The Morgan fingerprint density at radius 3 is 2.72 bits per heavy atom. The lowest BCUT2D eigenvalue weighted by Gasteiger charge is -2.26. The first kappa shape index (κ1) is 20.6. The summed E-state index contributed by atoms with van der Waals surface area (Å²) in [6.07, 6.45) is 2.83. The SMILES string of the molecule is COc1cc(C(=O)NCC(=O)N[C@@H]2CCCc3ccccc32)ccc1OC(F)F. The van der Waals surface area contributed by atoms with E-state index in [2.05, 4.69) is 21.4 Å². The van der Waals surface area contributed by atoms with Gasteiger partial charge in [0.1, 0.15) is 0 Å². The molecule has 0 aliphatic heterocycles. The van der Waals surface area contributed by atoms with Crippen LogP contribution in [0.25, 0.3) is 0 Å². The van der Waals surface area contributed by atoms with Gasteiger partial charge in [-0.2, -0.15) is 8.78 Å². The second-order valence-corrected chi connectivity index (χ2v) is 6.64. The zero-order valence-corrected chi connectivity index (χ0v) is 15.9. The molecule has 2 aromatic carbocycles. The summed E-state index contributed by atoms with van der Waals surface area (Å²) in [7, 11) is 1.28. The van der Waals surface area contributed by atoms with Crippen molar-refractivity contribution in [3.05, 3.63) is 59.2 Å². The summed E-state index contributed by atoms with van der Waals surface area (Å²) in [6.45, 7) is -3.20. The van der Waals surface area contributed by atoms with E-state index in [1.54, 1.807) is 0 Å². The van der Waals surface area contributed by atoms with Crippen LogP contribution in [0.2, 0.25) is 0 Å². The molecule has 154 valence electrons. The number of fused-ring (bicyclic) bond motifs is 1. The first-order valence-electron chi connectivity index (χ1n) is 9.26. The first-order valence-corrected chi connectivity index (χ1v) is 9.26. The fourth-order valence-corrected chi connectivity index (χ4v) is 3.41. The van der Waals surface area contributed by atoms with Crippen molar-refractivity contribution in [3.63, 3.8) is 0 Å². The van der Waals surface area contributed by atoms with E-state index in [-0.39, 0.29) is 35.6 Å². The smallest absolute Gasteiger partial charge is 0.387 e. The predicted molar refractivity (Wildman–Crippen MR) is 102 cm³/mol. The molecule has 0 saturated heterocycles. The van der Waals surface area contributed by atoms with E-state index in [4.69, 9.17) is 4.74 Å². The quantitative estimate of drug-likeness (QED) is 0.743. The number of benzene rings is 2. The van der Waals surface area contributed by atoms with Gasteiger partial charge in [0.25, 0.3) is 5.91 Å². The van der Waals surface area contributed by atoms with Crippen LogP contribution in [-0.2, 0) is 11.2 Å². The number of hydrogen-bond donors (Lipinski definition) is 2. The van der Waals surface area contributed by atoms with E-state index in [0.29, 0.717) is 0 Å². The third-order valence-corrected chi connectivity index (χ3v) is 4.76. The molecule has 3 rings (SSSR count). The number of ether oxygens (including phenoxy) is 2. The zero-order chi connectivity index (χ0) is 20.8. The zero-order valence-electron chi connectivity index (χ0n) is 15.9. The monoisotopic (exact) mass is 404 g/mol. The molecule has 2 aromatic rings. The van der Waals surface area contributed by atoms with E-state index in [1.165, 1.54) is 30.9 Å². The van der Waals surface area contributed by atoms with Gasteiger partial charge >= 0.3 is 6.61 Å². The summed E-state index contributed by atoms with van der Waals surface area (Å²) >= 11 is 0. The van der Waals surface area contributed by atoms with Crippen molar-refractivity contribution in [1.82, 2.24) is 10.6 Å². The lowest BCUT2D eigenvalue weighted by Crippen LogP contribution is -2.39. The van der Waals surface area contributed by atoms with Crippen molar-refractivity contribution in [2.45, 2.75) is 31.9 Å². The van der Waals surface area contributed by atoms with Gasteiger partial charge in [0.2, 0.25) is 5.91 Å². The Labute approximate surface area is 167 Å². The number of carbonyl (C=O) groups excluding carboxylic acids is 2. The number of rotatable bonds is 7. The molecule has 2 N–H and O–H groups in total. The van der Waals surface area contributed by atoms with Crippen LogP contribution < -0.4 is 20.1 Å². The lowest BCUT2D eigenvalue weighted by atomic mass is 9.88. The largest absolute Gasteiger partial charge is 0.493 e. The maximum Gasteiger partial charge on any atom is 0.387 e. The Morgan fingerprint density at radius 2 is 1.97 bits per heavy atom. The van der Waals surface area contributed by atoms with Gasteiger partial charge in [-0.25, -0.2) is 0 Å². The first-order chi connectivity index (χ1) is 14.0. The van der Waals surface area contributed by atoms with Gasteiger partial charge in [-0.3, -0.25) is 9.59 Å². The van der Waals surface area contributed by atoms with Crippen LogP contribution in [0.1, 0.15) is 40.4 Å². The third kappa shape index (κ3) is 5.22. The number of carbonyl (C=O) groups is 2. The minimum Gasteiger partial charge on any atom is -0.493 e. The highest BCUT2D eigenvalue weighted by molar-refractivity contribution is 5.97. The molecular weight excluding hydrogens is 382 g/mol. The van der Waals surface area contributed by atoms with E-state index in [1.807, 2.05) is 18.2 Å². The van der Waals surface area contributed by atoms with Crippen molar-refractivity contribution in [2.75, 3.05) is 13.7 Å². The molecule has 1 aliphatic carbocycles. The molecular formula is C21H22F2N2O4. The molecule has 0 heterocycles. The minimum atomic E-state index is -3.00. The predicted octanol–water partition coefficient (Wildman–Crippen LogP) is 3.22. The van der Waals surface area contributed by atoms with Gasteiger partial charge in [0, 0.05) is 5.56 Å². The maximum atomic E-state index is 12.4. The molecule has 0 unspecified atom stereocenters. The molecule has 1 atom stereocenters. The van der Waals surface area contributed by atoms with Crippen LogP contribution in [0.15, 0.2) is 42.5 Å². The van der Waals surface area contributed by atoms with Crippen molar-refractivity contribution >= 4 is 11.8 Å². The summed E-state index contributed by atoms with van der Waals surface area (Å²) < 4.78 is 34.1. The van der Waals surface area contributed by atoms with E-state index in [9.17, 15) is 18.4 Å². The molecule has 6 nitrogen and oxygen atoms in total. The number of hydrogen-bond acceptors (Lipinski definition) is 4. The fourth-order valence-electron chi connectivity index (χ4n) is 3.41. The molecule has 1 aliphatic rings. The average molecular weight is 404 g/mol. The summed E-state index contributed by atoms with van der Waals surface area (Å²) in [6, 6.07) is 11.7. The molecule has 0 bridgehead atoms. The molecule has 29 heavy (non-hydrogen) atoms. The standard InChI is InChI=1S/C21H22F2N2O4/c1-28-18-11-14(9-10-17(18)29-21(22)23)20(27)24-12-19(26)25-16-8-4-6-13-5-2-3-7-15(13)16/h2-3,5,7,9-11,16,21H,4,6,8,12H2,1H3,(H,24,27)(H,25,26)/t16-/m1/s1. The molecule has 0 spiro atoms. The molecule has 0 aromatic heterocycles. The average Bonchev–Trinajstić information content (AvgIpc) is 2.72. The highest BCUT2D eigenvalue weighted by Gasteiger charge is 2.21. The topological polar surface area (TPSA) is 76.7 Å². The van der Waals surface area contributed by atoms with Crippen LogP contribution >= 0.6 is 0 Å². The Kier molecular flexibility index (Phi) is 6.64. The van der Waals surface area contributed by atoms with Crippen LogP contribution in [-0.4, -0.2) is 32.1 Å². The number of amides is 2. The van der Waals surface area contributed by atoms with Gasteiger partial charge in [-0.1, -0.05) is 24.3 Å². The van der Waals surface area contributed by atoms with Crippen LogP contribution in [0.5, 0.6) is 11.5 Å². The molecule has 0 fully saturated rings. The van der Waals surface area contributed by atoms with Crippen molar-refractivity contribution in [2.24, 2.45) is 0 Å². The van der Waals surface area contributed by atoms with Gasteiger partial charge in [0.05, 0.1) is 19.7 Å². The number of methoxy groups -OCH3 is 1. The lowest BCUT2D eigenvalue weighted by molar-refractivity contribution is -0.121. The van der Waals surface area contributed by atoms with Gasteiger partial charge < -0.3 is 20.1 Å². The van der Waals surface area contributed by atoms with E-state index in [0.717, 1.165) is 24.8 Å². The molecule has 2 amide bonds. The third-order valence-electron chi connectivity index (χ3n) is 4.76. The number of aryl methyl sites for hydroxylation is 1. The van der Waals surface area contributed by atoms with Crippen LogP contribution in [0.3, 0.4) is 0 Å². The Bertz CT molecular complexity index is 889. The Hall–Kier alpha value is -3.16. The van der Waals surface area contributed by atoms with Crippen molar-refractivity contribution in [3.8, 4) is 11.5 Å². The molecule has 0 saturated carbocycles. The van der Waals surface area contributed by atoms with Gasteiger partial charge in [-0.15, -0.1) is 0 Å². The van der Waals surface area contributed by atoms with E-state index < -0.39 is 12.5 Å². The van der Waals surface area contributed by atoms with Crippen molar-refractivity contribution in [1.29, 1.82) is 0 Å². The van der Waals surface area contributed by atoms with Gasteiger partial charge in [0.15, 0.2) is 11.5 Å². The summed E-state index contributed by atoms with van der Waals surface area (Å²) in [4.78, 5) is 24.6. The second-order valence-electron chi connectivity index (χ2n) is 6.64. The number of nitrogens with one attached hydrogen (secondary N) is 2. The van der Waals surface area contributed by atoms with Crippen LogP contribution in [0.4, 0.5) is 8.78 Å². The second kappa shape index (κ2) is 9.36. The highest BCUT2D eigenvalue weighted by atomic mass is 19.3. The number of alkyl halides is 2. The molecule has 8 heteroatoms. The van der Waals surface area contributed by atoms with Crippen LogP contribution in [0, 0.1) is 0 Å². The Balaban J connectivity index is 1.57. The highest BCUT2D eigenvalue weighted by Crippen LogP contribution is 2.30. The normalized spacial score (nSPS) is 15.4. The van der Waals surface area contributed by atoms with Gasteiger partial charge in [-0.05, 0) is 48.6 Å². The summed E-state index contributed by atoms with van der Waals surface area (Å²) in [5.41, 5.74) is 2.50. The minimum absolute atomic E-state index is 0.00112. The maximum absolute atomic E-state index is 12.4. The van der Waals surface area contributed by atoms with Crippen molar-refractivity contribution < 1.29 is 27.8 Å². The number of halogens is 2. The summed E-state index contributed by atoms with van der Waals surface area (Å²) in [5.74, 6) is -0.996.